The lowest BCUT2D eigenvalue weighted by Crippen LogP contribution is -2.29. The fraction of sp³-hybridized carbons (Fsp3) is 0.707. The molecule has 294 valence electrons. The first-order valence-corrected chi connectivity index (χ1v) is 21.3. The molecule has 0 heterocycles. The van der Waals surface area contributed by atoms with Crippen LogP contribution in [0.1, 0.15) is 155 Å². The summed E-state index contributed by atoms with van der Waals surface area (Å²) in [7, 11) is -4.40. The quantitative estimate of drug-likeness (QED) is 0.0279. The van der Waals surface area contributed by atoms with Crippen LogP contribution in [0.2, 0.25) is 0 Å². The SMILES string of the molecule is CCCCCCC=CCC=CCC=CCC=CCCC(=O)OC(COC(=O)CCC=CCCCCCCCCCCC)COP(=O)(O)OCCN. The Balaban J connectivity index is 4.39. The number of nitrogens with two attached hydrogens (primary N) is 1. The van der Waals surface area contributed by atoms with E-state index in [0.29, 0.717) is 12.8 Å². The molecule has 0 aliphatic rings. The van der Waals surface area contributed by atoms with Crippen LogP contribution < -0.4 is 5.73 Å². The summed E-state index contributed by atoms with van der Waals surface area (Å²) >= 11 is 0. The summed E-state index contributed by atoms with van der Waals surface area (Å²) < 4.78 is 32.5. The largest absolute Gasteiger partial charge is 0.472 e. The van der Waals surface area contributed by atoms with Gasteiger partial charge in [0.2, 0.25) is 0 Å². The summed E-state index contributed by atoms with van der Waals surface area (Å²) in [6.07, 6.45) is 42.8. The van der Waals surface area contributed by atoms with Gasteiger partial charge in [-0.15, -0.1) is 0 Å². The average molecular weight is 738 g/mol. The molecule has 51 heavy (non-hydrogen) atoms. The Morgan fingerprint density at radius 3 is 1.57 bits per heavy atom. The molecular weight excluding hydrogens is 665 g/mol. The Morgan fingerprint density at radius 2 is 1.02 bits per heavy atom. The smallest absolute Gasteiger partial charge is 0.462 e. The number of carbonyl (C=O) groups excluding carboxylic acids is 2. The molecule has 0 radical (unpaired) electrons. The van der Waals surface area contributed by atoms with Gasteiger partial charge < -0.3 is 20.1 Å². The highest BCUT2D eigenvalue weighted by Gasteiger charge is 2.25. The zero-order valence-corrected chi connectivity index (χ0v) is 33.0. The van der Waals surface area contributed by atoms with Gasteiger partial charge in [0.05, 0.1) is 13.2 Å². The minimum atomic E-state index is -4.40. The molecule has 0 fully saturated rings. The van der Waals surface area contributed by atoms with E-state index in [1.54, 1.807) is 0 Å². The van der Waals surface area contributed by atoms with Crippen molar-refractivity contribution in [1.82, 2.24) is 0 Å². The Hall–Kier alpha value is -2.29. The maximum Gasteiger partial charge on any atom is 0.472 e. The third-order valence-corrected chi connectivity index (χ3v) is 8.89. The number of hydrogen-bond acceptors (Lipinski definition) is 8. The molecule has 0 aliphatic heterocycles. The molecule has 0 bridgehead atoms. The second-order valence-electron chi connectivity index (χ2n) is 12.8. The van der Waals surface area contributed by atoms with Gasteiger partial charge in [-0.1, -0.05) is 145 Å². The predicted octanol–water partition coefficient (Wildman–Crippen LogP) is 10.9. The van der Waals surface area contributed by atoms with Gasteiger partial charge in [0, 0.05) is 19.4 Å². The van der Waals surface area contributed by atoms with Crippen LogP contribution >= 0.6 is 7.82 Å². The highest BCUT2D eigenvalue weighted by Crippen LogP contribution is 2.43. The molecule has 0 saturated carbocycles. The Bertz CT molecular complexity index is 1020. The highest BCUT2D eigenvalue weighted by molar-refractivity contribution is 7.47. The summed E-state index contributed by atoms with van der Waals surface area (Å²) in [4.78, 5) is 34.7. The average Bonchev–Trinajstić information content (AvgIpc) is 3.11. The Kier molecular flexibility index (Phi) is 35.8. The monoisotopic (exact) mass is 737 g/mol. The van der Waals surface area contributed by atoms with E-state index >= 15 is 0 Å². The lowest BCUT2D eigenvalue weighted by atomic mass is 10.1. The van der Waals surface area contributed by atoms with E-state index in [9.17, 15) is 19.0 Å². The summed E-state index contributed by atoms with van der Waals surface area (Å²) in [6.45, 7) is 3.56. The maximum absolute atomic E-state index is 12.5. The van der Waals surface area contributed by atoms with E-state index in [1.165, 1.54) is 77.0 Å². The Labute approximate surface area is 310 Å². The molecular formula is C41H72NO8P. The van der Waals surface area contributed by atoms with Crippen molar-refractivity contribution in [2.24, 2.45) is 5.73 Å². The first-order valence-electron chi connectivity index (χ1n) is 19.8. The molecule has 0 aliphatic carbocycles. The summed E-state index contributed by atoms with van der Waals surface area (Å²) in [5, 5.41) is 0. The van der Waals surface area contributed by atoms with Gasteiger partial charge in [-0.3, -0.25) is 18.6 Å². The highest BCUT2D eigenvalue weighted by atomic mass is 31.2. The molecule has 0 amide bonds. The van der Waals surface area contributed by atoms with Crippen molar-refractivity contribution in [3.63, 3.8) is 0 Å². The summed E-state index contributed by atoms with van der Waals surface area (Å²) in [5.74, 6) is -0.984. The van der Waals surface area contributed by atoms with Crippen LogP contribution in [0.5, 0.6) is 0 Å². The van der Waals surface area contributed by atoms with Crippen molar-refractivity contribution < 1.29 is 37.6 Å². The van der Waals surface area contributed by atoms with Crippen LogP contribution in [0, 0.1) is 0 Å². The number of esters is 2. The molecule has 0 rings (SSSR count). The van der Waals surface area contributed by atoms with Gasteiger partial charge in [0.15, 0.2) is 6.10 Å². The van der Waals surface area contributed by atoms with Gasteiger partial charge in [0.1, 0.15) is 6.61 Å². The molecule has 10 heteroatoms. The number of phosphoric acid groups is 1. The first kappa shape index (κ1) is 48.7. The van der Waals surface area contributed by atoms with E-state index in [1.807, 2.05) is 18.2 Å². The lowest BCUT2D eigenvalue weighted by Gasteiger charge is -2.19. The first-order chi connectivity index (χ1) is 24.8. The van der Waals surface area contributed by atoms with Crippen molar-refractivity contribution >= 4 is 19.8 Å². The van der Waals surface area contributed by atoms with Crippen LogP contribution in [0.4, 0.5) is 0 Å². The van der Waals surface area contributed by atoms with Crippen LogP contribution in [0.15, 0.2) is 60.8 Å². The molecule has 0 aromatic carbocycles. The van der Waals surface area contributed by atoms with Gasteiger partial charge in [-0.2, -0.15) is 0 Å². The van der Waals surface area contributed by atoms with Gasteiger partial charge in [-0.05, 0) is 57.8 Å². The minimum absolute atomic E-state index is 0.0368. The molecule has 3 N–H and O–H groups in total. The molecule has 9 nitrogen and oxygen atoms in total. The number of allylic oxidation sites excluding steroid dienone is 10. The van der Waals surface area contributed by atoms with Crippen molar-refractivity contribution in [2.45, 2.75) is 161 Å². The van der Waals surface area contributed by atoms with Crippen molar-refractivity contribution in [2.75, 3.05) is 26.4 Å². The van der Waals surface area contributed by atoms with Crippen LogP contribution in [0.3, 0.4) is 0 Å². The summed E-state index contributed by atoms with van der Waals surface area (Å²) in [6, 6.07) is 0. The molecule has 2 unspecified atom stereocenters. The van der Waals surface area contributed by atoms with Crippen LogP contribution in [-0.2, 0) is 32.7 Å². The van der Waals surface area contributed by atoms with Crippen molar-refractivity contribution in [3.05, 3.63) is 60.8 Å². The standard InChI is InChI=1S/C41H72NO8P/c1-3-5-7-9-11-13-15-17-18-19-20-22-24-26-28-30-32-34-41(44)50-39(38-49-51(45,46)48-36-35-42)37-47-40(43)33-31-29-27-25-23-21-16-14-12-10-8-6-4-2/h13,15,18-19,22,24,27-30,39H,3-12,14,16-17,20-21,23,25-26,31-38,42H2,1-2H3,(H,45,46). The van der Waals surface area contributed by atoms with Gasteiger partial charge in [0.25, 0.3) is 0 Å². The zero-order chi connectivity index (χ0) is 37.5. The molecule has 0 spiro atoms. The van der Waals surface area contributed by atoms with E-state index < -0.39 is 32.5 Å². The number of unbranched alkanes of at least 4 members (excludes halogenated alkanes) is 13. The summed E-state index contributed by atoms with van der Waals surface area (Å²) in [5.41, 5.74) is 5.32. The number of ether oxygens (including phenoxy) is 2. The third-order valence-electron chi connectivity index (χ3n) is 7.90. The van der Waals surface area contributed by atoms with Crippen molar-refractivity contribution in [3.8, 4) is 0 Å². The predicted molar refractivity (Wildman–Crippen MR) is 210 cm³/mol. The Morgan fingerprint density at radius 1 is 0.588 bits per heavy atom. The second kappa shape index (κ2) is 37.5. The van der Waals surface area contributed by atoms with E-state index in [0.717, 1.165) is 38.5 Å². The van der Waals surface area contributed by atoms with Crippen LogP contribution in [0.25, 0.3) is 0 Å². The topological polar surface area (TPSA) is 134 Å². The molecule has 2 atom stereocenters. The zero-order valence-electron chi connectivity index (χ0n) is 32.1. The maximum atomic E-state index is 12.5. The third kappa shape index (κ3) is 37.3. The second-order valence-corrected chi connectivity index (χ2v) is 14.2. The van der Waals surface area contributed by atoms with Gasteiger partial charge in [-0.25, -0.2) is 4.57 Å². The molecule has 0 aromatic rings. The molecule has 0 aromatic heterocycles. The fourth-order valence-corrected chi connectivity index (χ4v) is 5.72. The number of rotatable bonds is 36. The van der Waals surface area contributed by atoms with E-state index in [-0.39, 0.29) is 32.6 Å². The normalized spacial score (nSPS) is 14.0. The van der Waals surface area contributed by atoms with Crippen LogP contribution in [-0.4, -0.2) is 49.3 Å². The minimum Gasteiger partial charge on any atom is -0.462 e. The number of hydrogen-bond donors (Lipinski definition) is 2. The number of carbonyl (C=O) groups is 2. The van der Waals surface area contributed by atoms with E-state index in [4.69, 9.17) is 24.3 Å². The van der Waals surface area contributed by atoms with E-state index in [2.05, 4.69) is 56.4 Å². The lowest BCUT2D eigenvalue weighted by molar-refractivity contribution is -0.161. The van der Waals surface area contributed by atoms with Gasteiger partial charge >= 0.3 is 19.8 Å². The fourth-order valence-electron chi connectivity index (χ4n) is 4.95. The number of phosphoric ester groups is 1. The molecule has 0 saturated heterocycles. The van der Waals surface area contributed by atoms with Crippen molar-refractivity contribution in [1.29, 1.82) is 0 Å².